The molecule has 0 amide bonds. The van der Waals surface area contributed by atoms with Gasteiger partial charge >= 0.3 is 0 Å². The lowest BCUT2D eigenvalue weighted by Gasteiger charge is -2.49. The van der Waals surface area contributed by atoms with Gasteiger partial charge in [0.15, 0.2) is 5.78 Å². The van der Waals surface area contributed by atoms with Gasteiger partial charge in [0.2, 0.25) is 0 Å². The predicted molar refractivity (Wildman–Crippen MR) is 103 cm³/mol. The van der Waals surface area contributed by atoms with E-state index in [9.17, 15) is 14.4 Å². The minimum Gasteiger partial charge on any atom is -0.396 e. The Morgan fingerprint density at radius 2 is 1.78 bits per heavy atom. The molecule has 0 aromatic heterocycles. The van der Waals surface area contributed by atoms with Crippen LogP contribution in [0.15, 0.2) is 11.2 Å². The van der Waals surface area contributed by atoms with E-state index in [4.69, 9.17) is 4.84 Å². The third-order valence-corrected chi connectivity index (χ3v) is 5.90. The molecular formula is C22H27NO4. The molecule has 5 nitrogen and oxygen atoms in total. The summed E-state index contributed by atoms with van der Waals surface area (Å²) in [6.45, 7) is 9.63. The molecule has 0 radical (unpaired) electrons. The largest absolute Gasteiger partial charge is 0.396 e. The van der Waals surface area contributed by atoms with Crippen molar-refractivity contribution in [1.29, 1.82) is 0 Å². The predicted octanol–water partition coefficient (Wildman–Crippen LogP) is 3.65. The number of benzene rings is 1. The molecule has 0 N–H and O–H groups in total. The van der Waals surface area contributed by atoms with Crippen LogP contribution in [-0.4, -0.2) is 29.7 Å². The second-order valence-corrected chi connectivity index (χ2v) is 7.83. The first-order valence-corrected chi connectivity index (χ1v) is 9.64. The first-order valence-electron chi connectivity index (χ1n) is 9.64. The Morgan fingerprint density at radius 3 is 2.30 bits per heavy atom. The standard InChI is InChI=1S/C22H27NO4/c1-6-16(23-27-7-2)20-17(25)10-22(11-18(20)26)9-15-19(14(5)24)12(3)8-13(4)21(15)22/h8,20H,6-7,9-11H2,1-5H3. The number of hydrogen-bond donors (Lipinski definition) is 0. The maximum Gasteiger partial charge on any atom is 0.160 e. The van der Waals surface area contributed by atoms with E-state index in [1.807, 2.05) is 33.8 Å². The minimum atomic E-state index is -0.783. The van der Waals surface area contributed by atoms with Crippen LogP contribution in [0.5, 0.6) is 0 Å². The van der Waals surface area contributed by atoms with Gasteiger partial charge in [-0.3, -0.25) is 14.4 Å². The van der Waals surface area contributed by atoms with Gasteiger partial charge in [0.25, 0.3) is 0 Å². The van der Waals surface area contributed by atoms with E-state index in [1.54, 1.807) is 6.92 Å². The van der Waals surface area contributed by atoms with Crippen LogP contribution in [0.4, 0.5) is 0 Å². The quantitative estimate of drug-likeness (QED) is 0.344. The number of oxime groups is 1. The second kappa shape index (κ2) is 7.02. The van der Waals surface area contributed by atoms with Crippen LogP contribution < -0.4 is 0 Å². The Labute approximate surface area is 160 Å². The van der Waals surface area contributed by atoms with Gasteiger partial charge in [-0.15, -0.1) is 0 Å². The second-order valence-electron chi connectivity index (χ2n) is 7.83. The number of fused-ring (bicyclic) bond motifs is 2. The van der Waals surface area contributed by atoms with Gasteiger partial charge in [-0.1, -0.05) is 18.1 Å². The summed E-state index contributed by atoms with van der Waals surface area (Å²) in [4.78, 5) is 43.1. The van der Waals surface area contributed by atoms with Crippen LogP contribution in [0, 0.1) is 19.8 Å². The molecule has 27 heavy (non-hydrogen) atoms. The molecule has 3 rings (SSSR count). The molecule has 2 aliphatic carbocycles. The summed E-state index contributed by atoms with van der Waals surface area (Å²) in [6, 6.07) is 2.01. The highest BCUT2D eigenvalue weighted by Crippen LogP contribution is 2.53. The Bertz CT molecular complexity index is 848. The first-order chi connectivity index (χ1) is 12.8. The van der Waals surface area contributed by atoms with Gasteiger partial charge in [0.1, 0.15) is 24.1 Å². The number of aryl methyl sites for hydroxylation is 2. The third-order valence-electron chi connectivity index (χ3n) is 5.90. The van der Waals surface area contributed by atoms with Gasteiger partial charge in [0, 0.05) is 23.8 Å². The maximum absolute atomic E-state index is 13.0. The van der Waals surface area contributed by atoms with Crippen molar-refractivity contribution in [3.63, 3.8) is 0 Å². The van der Waals surface area contributed by atoms with Crippen molar-refractivity contribution >= 4 is 23.1 Å². The number of rotatable bonds is 5. The summed E-state index contributed by atoms with van der Waals surface area (Å²) >= 11 is 0. The average molecular weight is 369 g/mol. The molecule has 0 heterocycles. The van der Waals surface area contributed by atoms with E-state index < -0.39 is 11.3 Å². The highest BCUT2D eigenvalue weighted by atomic mass is 16.6. The average Bonchev–Trinajstić information content (AvgIpc) is 2.55. The zero-order chi connectivity index (χ0) is 19.9. The molecule has 2 aliphatic rings. The molecule has 1 fully saturated rings. The van der Waals surface area contributed by atoms with E-state index in [0.717, 1.165) is 27.8 Å². The summed E-state index contributed by atoms with van der Waals surface area (Å²) in [7, 11) is 0. The summed E-state index contributed by atoms with van der Waals surface area (Å²) in [6.07, 6.45) is 1.78. The maximum atomic E-state index is 13.0. The Kier molecular flexibility index (Phi) is 5.06. The van der Waals surface area contributed by atoms with E-state index in [2.05, 4.69) is 5.16 Å². The van der Waals surface area contributed by atoms with Crippen molar-refractivity contribution in [1.82, 2.24) is 0 Å². The molecule has 0 bridgehead atoms. The number of ketones is 3. The van der Waals surface area contributed by atoms with E-state index in [1.165, 1.54) is 0 Å². The molecule has 1 saturated carbocycles. The number of carbonyl (C=O) groups is 3. The molecule has 1 aromatic rings. The summed E-state index contributed by atoms with van der Waals surface area (Å²) < 4.78 is 0. The zero-order valence-corrected chi connectivity index (χ0v) is 16.8. The van der Waals surface area contributed by atoms with Crippen LogP contribution in [-0.2, 0) is 26.3 Å². The molecule has 0 aliphatic heterocycles. The fourth-order valence-electron chi connectivity index (χ4n) is 5.05. The fourth-order valence-corrected chi connectivity index (χ4v) is 5.05. The van der Waals surface area contributed by atoms with Crippen molar-refractivity contribution < 1.29 is 19.2 Å². The van der Waals surface area contributed by atoms with Gasteiger partial charge in [-0.25, -0.2) is 0 Å². The highest BCUT2D eigenvalue weighted by Gasteiger charge is 2.54. The van der Waals surface area contributed by atoms with Gasteiger partial charge in [-0.2, -0.15) is 0 Å². The van der Waals surface area contributed by atoms with Crippen LogP contribution in [0.25, 0.3) is 0 Å². The molecule has 0 unspecified atom stereocenters. The lowest BCUT2D eigenvalue weighted by atomic mass is 9.52. The van der Waals surface area contributed by atoms with E-state index in [0.29, 0.717) is 38.0 Å². The van der Waals surface area contributed by atoms with Gasteiger partial charge < -0.3 is 4.84 Å². The SMILES string of the molecule is CCON=C(CC)C1C(=O)CC2(CC1=O)Cc1c(C(C)=O)c(C)cc(C)c12. The number of hydrogen-bond acceptors (Lipinski definition) is 5. The monoisotopic (exact) mass is 369 g/mol. The third kappa shape index (κ3) is 3.03. The van der Waals surface area contributed by atoms with E-state index >= 15 is 0 Å². The number of nitrogens with zero attached hydrogens (tertiary/aromatic N) is 1. The molecular weight excluding hydrogens is 342 g/mol. The number of Topliss-reactive ketones (excluding diaryl/α,β-unsaturated/α-hetero) is 3. The van der Waals surface area contributed by atoms with E-state index in [-0.39, 0.29) is 17.3 Å². The van der Waals surface area contributed by atoms with Crippen LogP contribution in [0.3, 0.4) is 0 Å². The topological polar surface area (TPSA) is 72.8 Å². The van der Waals surface area contributed by atoms with Crippen LogP contribution in [0.1, 0.15) is 72.6 Å². The lowest BCUT2D eigenvalue weighted by Crippen LogP contribution is -2.52. The van der Waals surface area contributed by atoms with Crippen molar-refractivity contribution in [3.05, 3.63) is 33.9 Å². The molecule has 144 valence electrons. The molecule has 1 aromatic carbocycles. The normalized spacial score (nSPS) is 24.6. The summed E-state index contributed by atoms with van der Waals surface area (Å²) in [5, 5.41) is 4.02. The Balaban J connectivity index is 1.98. The smallest absolute Gasteiger partial charge is 0.160 e. The molecule has 1 spiro atoms. The number of carbonyl (C=O) groups excluding carboxylic acids is 3. The molecule has 5 heteroatoms. The lowest BCUT2D eigenvalue weighted by molar-refractivity contribution is -0.135. The Morgan fingerprint density at radius 1 is 1.15 bits per heavy atom. The first kappa shape index (κ1) is 19.5. The highest BCUT2D eigenvalue weighted by molar-refractivity contribution is 6.23. The van der Waals surface area contributed by atoms with Crippen molar-refractivity contribution in [3.8, 4) is 0 Å². The van der Waals surface area contributed by atoms with Gasteiger partial charge in [0.05, 0.1) is 5.71 Å². The zero-order valence-electron chi connectivity index (χ0n) is 16.8. The summed E-state index contributed by atoms with van der Waals surface area (Å²) in [5.41, 5.74) is 4.93. The van der Waals surface area contributed by atoms with Crippen LogP contribution >= 0.6 is 0 Å². The van der Waals surface area contributed by atoms with Gasteiger partial charge in [-0.05, 0) is 62.8 Å². The fraction of sp³-hybridized carbons (Fsp3) is 0.545. The van der Waals surface area contributed by atoms with Crippen molar-refractivity contribution in [2.24, 2.45) is 11.1 Å². The molecule has 0 atom stereocenters. The minimum absolute atomic E-state index is 0.0436. The van der Waals surface area contributed by atoms with Crippen molar-refractivity contribution in [2.45, 2.75) is 65.7 Å². The van der Waals surface area contributed by atoms with Crippen LogP contribution in [0.2, 0.25) is 0 Å². The molecule has 0 saturated heterocycles. The Hall–Kier alpha value is -2.30. The van der Waals surface area contributed by atoms with Crippen molar-refractivity contribution in [2.75, 3.05) is 6.61 Å². The summed E-state index contributed by atoms with van der Waals surface area (Å²) in [5.74, 6) is -0.903.